The van der Waals surface area contributed by atoms with Crippen molar-refractivity contribution in [3.05, 3.63) is 72.4 Å². The highest BCUT2D eigenvalue weighted by Crippen LogP contribution is 2.40. The Labute approximate surface area is 182 Å². The molecule has 8 heteroatoms. The molecule has 31 heavy (non-hydrogen) atoms. The molecule has 0 spiro atoms. The zero-order valence-corrected chi connectivity index (χ0v) is 18.4. The van der Waals surface area contributed by atoms with Crippen LogP contribution >= 0.6 is 0 Å². The van der Waals surface area contributed by atoms with Crippen LogP contribution in [0.5, 0.6) is 0 Å². The number of nitrogens with one attached hydrogen (secondary N) is 1. The van der Waals surface area contributed by atoms with Crippen molar-refractivity contribution in [1.82, 2.24) is 9.78 Å². The average molecular weight is 439 g/mol. The summed E-state index contributed by atoms with van der Waals surface area (Å²) in [6, 6.07) is 17.0. The van der Waals surface area contributed by atoms with E-state index >= 15 is 0 Å². The minimum absolute atomic E-state index is 0.0747. The summed E-state index contributed by atoms with van der Waals surface area (Å²) >= 11 is 0. The third kappa shape index (κ3) is 4.34. The molecule has 0 aliphatic heterocycles. The van der Waals surface area contributed by atoms with Gasteiger partial charge >= 0.3 is 0 Å². The van der Waals surface area contributed by atoms with Crippen molar-refractivity contribution in [2.75, 3.05) is 16.2 Å². The van der Waals surface area contributed by atoms with Gasteiger partial charge in [-0.3, -0.25) is 9.10 Å². The molecule has 4 rings (SSSR count). The van der Waals surface area contributed by atoms with Gasteiger partial charge in [-0.15, -0.1) is 0 Å². The minimum atomic E-state index is -3.81. The van der Waals surface area contributed by atoms with Crippen LogP contribution in [-0.4, -0.2) is 30.7 Å². The summed E-state index contributed by atoms with van der Waals surface area (Å²) in [5.74, 6) is 0.823. The van der Waals surface area contributed by atoms with Crippen molar-refractivity contribution in [3.63, 3.8) is 0 Å². The summed E-state index contributed by atoms with van der Waals surface area (Å²) in [6.07, 6.45) is 4.00. The SMILES string of the molecule is CCN(c1ccccc1)S(=O)(=O)c1cccc(C(=O)Nc2ccnn2[C@H](C)C2CC2)c1. The van der Waals surface area contributed by atoms with E-state index in [1.807, 2.05) is 10.7 Å². The molecule has 1 aliphatic rings. The van der Waals surface area contributed by atoms with Gasteiger partial charge in [0.15, 0.2) is 0 Å². The number of benzene rings is 2. The lowest BCUT2D eigenvalue weighted by atomic mass is 10.2. The van der Waals surface area contributed by atoms with Crippen LogP contribution in [0.3, 0.4) is 0 Å². The number of carbonyl (C=O) groups is 1. The van der Waals surface area contributed by atoms with E-state index in [0.29, 0.717) is 17.4 Å². The largest absolute Gasteiger partial charge is 0.307 e. The second-order valence-electron chi connectivity index (χ2n) is 7.73. The van der Waals surface area contributed by atoms with E-state index in [0.717, 1.165) is 0 Å². The number of anilines is 2. The normalized spacial score (nSPS) is 14.8. The van der Waals surface area contributed by atoms with Crippen LogP contribution in [-0.2, 0) is 10.0 Å². The topological polar surface area (TPSA) is 84.3 Å². The molecule has 0 bridgehead atoms. The van der Waals surface area contributed by atoms with Gasteiger partial charge in [0.05, 0.1) is 22.8 Å². The molecular formula is C23H26N4O3S. The monoisotopic (exact) mass is 438 g/mol. The van der Waals surface area contributed by atoms with Crippen molar-refractivity contribution in [1.29, 1.82) is 0 Å². The van der Waals surface area contributed by atoms with Crippen molar-refractivity contribution >= 4 is 27.4 Å². The van der Waals surface area contributed by atoms with Crippen molar-refractivity contribution < 1.29 is 13.2 Å². The fourth-order valence-electron chi connectivity index (χ4n) is 3.72. The number of hydrogen-bond acceptors (Lipinski definition) is 4. The number of sulfonamides is 1. The molecule has 0 saturated heterocycles. The molecule has 1 aromatic heterocycles. The fourth-order valence-corrected chi connectivity index (χ4v) is 5.24. The maximum absolute atomic E-state index is 13.3. The summed E-state index contributed by atoms with van der Waals surface area (Å²) < 4.78 is 29.7. The maximum atomic E-state index is 13.3. The van der Waals surface area contributed by atoms with E-state index < -0.39 is 10.0 Å². The fraction of sp³-hybridized carbons (Fsp3) is 0.304. The summed E-state index contributed by atoms with van der Waals surface area (Å²) in [7, 11) is -3.81. The summed E-state index contributed by atoms with van der Waals surface area (Å²) in [6.45, 7) is 4.15. The van der Waals surface area contributed by atoms with Gasteiger partial charge in [-0.2, -0.15) is 5.10 Å². The molecule has 1 atom stereocenters. The minimum Gasteiger partial charge on any atom is -0.307 e. The zero-order valence-electron chi connectivity index (χ0n) is 17.6. The third-order valence-electron chi connectivity index (χ3n) is 5.62. The molecule has 0 radical (unpaired) electrons. The Hall–Kier alpha value is -3.13. The number of amides is 1. The molecule has 0 unspecified atom stereocenters. The predicted octanol–water partition coefficient (Wildman–Crippen LogP) is 4.32. The van der Waals surface area contributed by atoms with Crippen molar-refractivity contribution in [2.45, 2.75) is 37.6 Å². The molecule has 1 N–H and O–H groups in total. The van der Waals surface area contributed by atoms with Gasteiger partial charge < -0.3 is 5.32 Å². The lowest BCUT2D eigenvalue weighted by Crippen LogP contribution is -2.31. The van der Waals surface area contributed by atoms with Gasteiger partial charge in [0.2, 0.25) is 0 Å². The van der Waals surface area contributed by atoms with Crippen LogP contribution in [0.25, 0.3) is 0 Å². The molecule has 7 nitrogen and oxygen atoms in total. The molecule has 2 aromatic carbocycles. The number of aromatic nitrogens is 2. The second kappa shape index (κ2) is 8.55. The molecule has 1 aliphatic carbocycles. The van der Waals surface area contributed by atoms with Gasteiger partial charge in [-0.1, -0.05) is 24.3 Å². The van der Waals surface area contributed by atoms with E-state index in [1.165, 1.54) is 29.3 Å². The summed E-state index contributed by atoms with van der Waals surface area (Å²) in [5.41, 5.74) is 0.856. The Morgan fingerprint density at radius 1 is 1.16 bits per heavy atom. The predicted molar refractivity (Wildman–Crippen MR) is 121 cm³/mol. The van der Waals surface area contributed by atoms with Crippen LogP contribution < -0.4 is 9.62 Å². The number of carbonyl (C=O) groups excluding carboxylic acids is 1. The number of nitrogens with zero attached hydrogens (tertiary/aromatic N) is 3. The molecule has 1 fully saturated rings. The molecule has 1 amide bonds. The Bertz CT molecular complexity index is 1170. The number of hydrogen-bond donors (Lipinski definition) is 1. The highest BCUT2D eigenvalue weighted by Gasteiger charge is 2.31. The van der Waals surface area contributed by atoms with Crippen LogP contribution in [0.15, 0.2) is 71.8 Å². The van der Waals surface area contributed by atoms with E-state index in [2.05, 4.69) is 17.3 Å². The standard InChI is InChI=1S/C23H26N4O3S/c1-3-26(20-9-5-4-6-10-20)31(29,30)21-11-7-8-19(16-21)23(28)25-22-14-15-24-27(22)17(2)18-12-13-18/h4-11,14-18H,3,12-13H2,1-2H3,(H,25,28)/t17-/m1/s1. The Kier molecular flexibility index (Phi) is 5.82. The van der Waals surface area contributed by atoms with Gasteiger partial charge in [-0.05, 0) is 62.9 Å². The van der Waals surface area contributed by atoms with Crippen molar-refractivity contribution in [3.8, 4) is 0 Å². The first-order chi connectivity index (χ1) is 14.9. The van der Waals surface area contributed by atoms with E-state index in [9.17, 15) is 13.2 Å². The number of para-hydroxylation sites is 1. The van der Waals surface area contributed by atoms with Gasteiger partial charge in [0, 0.05) is 18.2 Å². The van der Waals surface area contributed by atoms with Gasteiger partial charge in [-0.25, -0.2) is 13.1 Å². The van der Waals surface area contributed by atoms with Gasteiger partial charge in [0.1, 0.15) is 5.82 Å². The quantitative estimate of drug-likeness (QED) is 0.568. The highest BCUT2D eigenvalue weighted by molar-refractivity contribution is 7.92. The first-order valence-electron chi connectivity index (χ1n) is 10.4. The van der Waals surface area contributed by atoms with Crippen molar-refractivity contribution in [2.24, 2.45) is 5.92 Å². The Morgan fingerprint density at radius 3 is 2.58 bits per heavy atom. The molecule has 3 aromatic rings. The number of rotatable bonds is 8. The molecule has 162 valence electrons. The second-order valence-corrected chi connectivity index (χ2v) is 9.59. The molecule has 1 heterocycles. The lowest BCUT2D eigenvalue weighted by molar-refractivity contribution is 0.102. The summed E-state index contributed by atoms with van der Waals surface area (Å²) in [5, 5.41) is 7.23. The van der Waals surface area contributed by atoms with Crippen LogP contribution in [0.4, 0.5) is 11.5 Å². The third-order valence-corrected chi connectivity index (χ3v) is 7.52. The highest BCUT2D eigenvalue weighted by atomic mass is 32.2. The van der Waals surface area contributed by atoms with Gasteiger partial charge in [0.25, 0.3) is 15.9 Å². The van der Waals surface area contributed by atoms with Crippen LogP contribution in [0.1, 0.15) is 43.1 Å². The Balaban J connectivity index is 1.58. The van der Waals surface area contributed by atoms with E-state index in [1.54, 1.807) is 55.6 Å². The van der Waals surface area contributed by atoms with E-state index in [4.69, 9.17) is 0 Å². The maximum Gasteiger partial charge on any atom is 0.264 e. The molecular weight excluding hydrogens is 412 g/mol. The summed E-state index contributed by atoms with van der Waals surface area (Å²) in [4.78, 5) is 13.0. The lowest BCUT2D eigenvalue weighted by Gasteiger charge is -2.23. The van der Waals surface area contributed by atoms with Crippen LogP contribution in [0, 0.1) is 5.92 Å². The smallest absolute Gasteiger partial charge is 0.264 e. The van der Waals surface area contributed by atoms with Crippen LogP contribution in [0.2, 0.25) is 0 Å². The van der Waals surface area contributed by atoms with E-state index in [-0.39, 0.29) is 29.0 Å². The Morgan fingerprint density at radius 2 is 1.90 bits per heavy atom. The zero-order chi connectivity index (χ0) is 22.0. The first-order valence-corrected chi connectivity index (χ1v) is 11.9. The molecule has 1 saturated carbocycles. The average Bonchev–Trinajstić information content (AvgIpc) is 3.53. The first kappa shape index (κ1) is 21.1.